The summed E-state index contributed by atoms with van der Waals surface area (Å²) < 4.78 is 101. The Morgan fingerprint density at radius 2 is 0.606 bits per heavy atom. The molecule has 33 heavy (non-hydrogen) atoms. The van der Waals surface area contributed by atoms with E-state index in [1.807, 2.05) is 0 Å². The maximum atomic E-state index is 11.9. The predicted molar refractivity (Wildman–Crippen MR) is 111 cm³/mol. The van der Waals surface area contributed by atoms with Crippen molar-refractivity contribution in [1.82, 2.24) is 0 Å². The van der Waals surface area contributed by atoms with Crippen molar-refractivity contribution in [1.29, 1.82) is 0 Å². The normalized spacial score (nSPS) is 33.1. The highest BCUT2D eigenvalue weighted by atomic mass is 32.3. The SMILES string of the molecule is O=S1(=O)OC2(CCCCCCCCCCCCCCCC3(OS(=O)(=O)O3)C23OS(=O)(=O)O3)O1. The number of hydrogen-bond donors (Lipinski definition) is 0. The molecule has 1 aliphatic carbocycles. The molecule has 0 aromatic heterocycles. The summed E-state index contributed by atoms with van der Waals surface area (Å²) in [5, 5.41) is 0. The molecule has 15 heteroatoms. The van der Waals surface area contributed by atoms with E-state index in [1.54, 1.807) is 0 Å². The molecule has 4 rings (SSSR count). The molecule has 4 aliphatic rings. The van der Waals surface area contributed by atoms with E-state index in [0.717, 1.165) is 38.5 Å². The highest BCUT2D eigenvalue weighted by Gasteiger charge is 2.88. The van der Waals surface area contributed by atoms with Crippen LogP contribution in [0.25, 0.3) is 0 Å². The molecule has 0 unspecified atom stereocenters. The van der Waals surface area contributed by atoms with Crippen LogP contribution < -0.4 is 0 Å². The van der Waals surface area contributed by atoms with Crippen LogP contribution in [0.15, 0.2) is 0 Å². The minimum absolute atomic E-state index is 0.143. The second-order valence-electron chi connectivity index (χ2n) is 8.94. The molecule has 3 heterocycles. The number of rotatable bonds is 0. The second-order valence-corrected chi connectivity index (χ2v) is 12.4. The van der Waals surface area contributed by atoms with E-state index in [1.165, 1.54) is 19.3 Å². The molecule has 3 spiro atoms. The molecule has 0 radical (unpaired) electrons. The molecular weight excluding hydrogens is 504 g/mol. The summed E-state index contributed by atoms with van der Waals surface area (Å²) in [7, 11) is -13.5. The molecule has 0 atom stereocenters. The van der Waals surface area contributed by atoms with E-state index >= 15 is 0 Å². The van der Waals surface area contributed by atoms with Gasteiger partial charge in [0, 0.05) is 12.8 Å². The van der Waals surface area contributed by atoms with Crippen molar-refractivity contribution in [3.8, 4) is 0 Å². The van der Waals surface area contributed by atoms with Crippen LogP contribution >= 0.6 is 0 Å². The summed E-state index contributed by atoms with van der Waals surface area (Å²) >= 11 is 0. The zero-order valence-electron chi connectivity index (χ0n) is 18.2. The molecule has 12 nitrogen and oxygen atoms in total. The van der Waals surface area contributed by atoms with Gasteiger partial charge in [-0.1, -0.05) is 70.6 Å². The summed E-state index contributed by atoms with van der Waals surface area (Å²) in [6.45, 7) is 0. The Hall–Kier alpha value is -0.390. The highest BCUT2D eigenvalue weighted by Crippen LogP contribution is 2.62. The van der Waals surface area contributed by atoms with Crippen molar-refractivity contribution in [2.45, 2.75) is 114 Å². The maximum Gasteiger partial charge on any atom is 0.406 e. The summed E-state index contributed by atoms with van der Waals surface area (Å²) in [6.07, 6.45) is 11.4. The van der Waals surface area contributed by atoms with Gasteiger partial charge in [0.05, 0.1) is 0 Å². The van der Waals surface area contributed by atoms with Gasteiger partial charge >= 0.3 is 37.0 Å². The summed E-state index contributed by atoms with van der Waals surface area (Å²) in [6, 6.07) is 0. The molecule has 4 fully saturated rings. The second kappa shape index (κ2) is 9.24. The van der Waals surface area contributed by atoms with Crippen LogP contribution in [-0.4, -0.2) is 42.6 Å². The average Bonchev–Trinajstić information content (AvgIpc) is 2.64. The minimum atomic E-state index is -4.57. The first-order chi connectivity index (χ1) is 15.4. The largest absolute Gasteiger partial charge is 0.406 e. The van der Waals surface area contributed by atoms with E-state index in [-0.39, 0.29) is 12.8 Å². The van der Waals surface area contributed by atoms with Crippen molar-refractivity contribution < 1.29 is 50.4 Å². The van der Waals surface area contributed by atoms with Gasteiger partial charge in [-0.3, -0.25) is 0 Å². The molecule has 3 saturated heterocycles. The molecular formula is C18H30O12S3. The minimum Gasteiger partial charge on any atom is -0.206 e. The lowest BCUT2D eigenvalue weighted by atomic mass is 9.88. The monoisotopic (exact) mass is 534 g/mol. The standard InChI is InChI=1S/C18H30O12S3/c19-31(20)25-16(26-31)14-12-10-8-6-4-2-1-3-5-7-9-11-13-15-17(27-32(21,22)28-17)18(16)29-33(23,24)30-18/h1-15H2. The van der Waals surface area contributed by atoms with Crippen LogP contribution in [0.1, 0.15) is 96.3 Å². The molecule has 0 aromatic carbocycles. The Labute approximate surface area is 195 Å². The van der Waals surface area contributed by atoms with E-state index in [9.17, 15) is 25.3 Å². The van der Waals surface area contributed by atoms with Crippen molar-refractivity contribution >= 4 is 31.2 Å². The first-order valence-electron chi connectivity index (χ1n) is 11.4. The molecule has 1 saturated carbocycles. The molecule has 192 valence electrons. The molecule has 0 bridgehead atoms. The highest BCUT2D eigenvalue weighted by molar-refractivity contribution is 7.84. The van der Waals surface area contributed by atoms with Crippen molar-refractivity contribution in [2.75, 3.05) is 0 Å². The van der Waals surface area contributed by atoms with Crippen molar-refractivity contribution in [3.05, 3.63) is 0 Å². The third-order valence-electron chi connectivity index (χ3n) is 6.40. The summed E-state index contributed by atoms with van der Waals surface area (Å²) in [4.78, 5) is 0. The third kappa shape index (κ3) is 5.11. The molecule has 0 amide bonds. The van der Waals surface area contributed by atoms with E-state index in [0.29, 0.717) is 25.7 Å². The van der Waals surface area contributed by atoms with Gasteiger partial charge in [-0.25, -0.2) is 16.7 Å². The lowest BCUT2D eigenvalue weighted by Gasteiger charge is -2.60. The van der Waals surface area contributed by atoms with Gasteiger partial charge in [0.25, 0.3) is 11.6 Å². The Bertz CT molecular complexity index is 934. The van der Waals surface area contributed by atoms with Crippen LogP contribution in [0.4, 0.5) is 0 Å². The van der Waals surface area contributed by atoms with Crippen molar-refractivity contribution in [2.24, 2.45) is 0 Å². The zero-order chi connectivity index (χ0) is 23.8. The fourth-order valence-electron chi connectivity index (χ4n) is 4.88. The van der Waals surface area contributed by atoms with Crippen LogP contribution in [0, 0.1) is 0 Å². The fourth-order valence-corrected chi connectivity index (χ4v) is 8.10. The lowest BCUT2D eigenvalue weighted by Crippen LogP contribution is -2.84. The average molecular weight is 535 g/mol. The maximum absolute atomic E-state index is 11.9. The number of hydrogen-bond acceptors (Lipinski definition) is 12. The van der Waals surface area contributed by atoms with Crippen LogP contribution in [0.3, 0.4) is 0 Å². The van der Waals surface area contributed by atoms with Gasteiger partial charge in [-0.05, 0) is 12.8 Å². The fraction of sp³-hybridized carbons (Fsp3) is 1.00. The number of fused-ring (bicyclic) bond motifs is 2. The zero-order valence-corrected chi connectivity index (χ0v) is 20.7. The van der Waals surface area contributed by atoms with Crippen LogP contribution in [-0.2, 0) is 56.3 Å². The first kappa shape index (κ1) is 25.7. The first-order valence-corrected chi connectivity index (χ1v) is 15.4. The summed E-state index contributed by atoms with van der Waals surface area (Å²) in [5.41, 5.74) is 0. The van der Waals surface area contributed by atoms with E-state index in [4.69, 9.17) is 25.1 Å². The lowest BCUT2D eigenvalue weighted by molar-refractivity contribution is -0.466. The van der Waals surface area contributed by atoms with Crippen LogP contribution in [0.5, 0.6) is 0 Å². The van der Waals surface area contributed by atoms with Gasteiger partial charge in [-0.15, -0.1) is 0 Å². The van der Waals surface area contributed by atoms with E-state index < -0.39 is 48.6 Å². The van der Waals surface area contributed by atoms with E-state index in [2.05, 4.69) is 0 Å². The van der Waals surface area contributed by atoms with Gasteiger partial charge in [0.1, 0.15) is 0 Å². The molecule has 3 aliphatic heterocycles. The quantitative estimate of drug-likeness (QED) is 0.448. The Morgan fingerprint density at radius 1 is 0.364 bits per heavy atom. The van der Waals surface area contributed by atoms with Crippen LogP contribution in [0.2, 0.25) is 0 Å². The summed E-state index contributed by atoms with van der Waals surface area (Å²) in [5.74, 6) is -7.11. The molecule has 0 aromatic rings. The predicted octanol–water partition coefficient (Wildman–Crippen LogP) is 2.82. The smallest absolute Gasteiger partial charge is 0.206 e. The Morgan fingerprint density at radius 3 is 0.848 bits per heavy atom. The van der Waals surface area contributed by atoms with Gasteiger partial charge in [-0.2, -0.15) is 33.6 Å². The molecule has 0 N–H and O–H groups in total. The van der Waals surface area contributed by atoms with Crippen molar-refractivity contribution in [3.63, 3.8) is 0 Å². The third-order valence-corrected chi connectivity index (χ3v) is 9.17. The Balaban J connectivity index is 1.61. The van der Waals surface area contributed by atoms with Gasteiger partial charge in [0.2, 0.25) is 0 Å². The van der Waals surface area contributed by atoms with Gasteiger partial charge in [0.15, 0.2) is 0 Å². The Kier molecular flexibility index (Phi) is 7.20. The topological polar surface area (TPSA) is 158 Å². The van der Waals surface area contributed by atoms with Gasteiger partial charge < -0.3 is 0 Å².